The summed E-state index contributed by atoms with van der Waals surface area (Å²) in [7, 11) is 0. The van der Waals surface area contributed by atoms with Gasteiger partial charge in [0.15, 0.2) is 0 Å². The van der Waals surface area contributed by atoms with Crippen molar-refractivity contribution >= 4 is 34.8 Å². The highest BCUT2D eigenvalue weighted by Gasteiger charge is 2.07. The normalized spacial score (nSPS) is 11.7. The predicted octanol–water partition coefficient (Wildman–Crippen LogP) is 3.57. The van der Waals surface area contributed by atoms with E-state index in [1.54, 1.807) is 12.1 Å². The molecule has 0 fully saturated rings. The number of nitrogens with one attached hydrogen (secondary N) is 1. The number of ether oxygens (including phenoxy) is 1. The number of anilines is 1. The maximum absolute atomic E-state index is 9.98. The zero-order valence-electron chi connectivity index (χ0n) is 11.2. The lowest BCUT2D eigenvalue weighted by atomic mass is 10.1. The van der Waals surface area contributed by atoms with Crippen LogP contribution in [-0.2, 0) is 4.74 Å². The average Bonchev–Trinajstić information content (AvgIpc) is 2.50. The van der Waals surface area contributed by atoms with Crippen molar-refractivity contribution in [2.75, 3.05) is 11.9 Å². The highest BCUT2D eigenvalue weighted by molar-refractivity contribution is 7.80. The van der Waals surface area contributed by atoms with Crippen LogP contribution in [0.2, 0.25) is 5.02 Å². The molecule has 1 aromatic heterocycles. The van der Waals surface area contributed by atoms with Crippen LogP contribution < -0.4 is 5.32 Å². The molecule has 1 heterocycles. The van der Waals surface area contributed by atoms with Crippen LogP contribution >= 0.6 is 23.8 Å². The summed E-state index contributed by atoms with van der Waals surface area (Å²) in [6, 6.07) is 12.8. The summed E-state index contributed by atoms with van der Waals surface area (Å²) in [5.74, 6) is 0.563. The van der Waals surface area contributed by atoms with E-state index in [-0.39, 0.29) is 5.17 Å². The standard InChI is InChI=1S/C15H15ClN2O2S/c16-12-6-7-14(17-10-12)18-15(21)20-9-8-13(19)11-4-2-1-3-5-11/h1-7,10,13,19H,8-9H2,(H,17,18,21). The first-order valence-electron chi connectivity index (χ1n) is 6.43. The lowest BCUT2D eigenvalue weighted by Gasteiger charge is -2.13. The van der Waals surface area contributed by atoms with Gasteiger partial charge in [-0.25, -0.2) is 4.98 Å². The van der Waals surface area contributed by atoms with E-state index in [1.165, 1.54) is 6.20 Å². The van der Waals surface area contributed by atoms with Crippen molar-refractivity contribution in [3.05, 3.63) is 59.2 Å². The van der Waals surface area contributed by atoms with E-state index in [0.29, 0.717) is 23.9 Å². The smallest absolute Gasteiger partial charge is 0.262 e. The largest absolute Gasteiger partial charge is 0.471 e. The number of aromatic nitrogens is 1. The average molecular weight is 323 g/mol. The fourth-order valence-corrected chi connectivity index (χ4v) is 2.00. The molecule has 0 aliphatic carbocycles. The molecule has 21 heavy (non-hydrogen) atoms. The van der Waals surface area contributed by atoms with Crippen LogP contribution in [0.4, 0.5) is 5.82 Å². The fourth-order valence-electron chi connectivity index (χ4n) is 1.70. The maximum Gasteiger partial charge on any atom is 0.262 e. The van der Waals surface area contributed by atoms with Crippen LogP contribution in [0.5, 0.6) is 0 Å². The van der Waals surface area contributed by atoms with E-state index in [2.05, 4.69) is 10.3 Å². The Morgan fingerprint density at radius 3 is 2.71 bits per heavy atom. The number of benzene rings is 1. The Morgan fingerprint density at radius 1 is 1.29 bits per heavy atom. The number of thiocarbonyl (C=S) groups is 1. The minimum absolute atomic E-state index is 0.213. The molecule has 1 unspecified atom stereocenters. The first-order chi connectivity index (χ1) is 10.1. The maximum atomic E-state index is 9.98. The summed E-state index contributed by atoms with van der Waals surface area (Å²) in [6.07, 6.45) is 1.41. The molecule has 2 N–H and O–H groups in total. The van der Waals surface area contributed by atoms with E-state index >= 15 is 0 Å². The van der Waals surface area contributed by atoms with Gasteiger partial charge in [0.05, 0.1) is 17.7 Å². The molecule has 0 aliphatic heterocycles. The number of rotatable bonds is 5. The molecule has 0 amide bonds. The van der Waals surface area contributed by atoms with Gasteiger partial charge in [0, 0.05) is 12.6 Å². The molecular formula is C15H15ClN2O2S. The van der Waals surface area contributed by atoms with Crippen LogP contribution in [0.15, 0.2) is 48.7 Å². The molecule has 1 atom stereocenters. The molecule has 0 aliphatic rings. The zero-order chi connectivity index (χ0) is 15.1. The molecule has 6 heteroatoms. The minimum Gasteiger partial charge on any atom is -0.471 e. The molecule has 4 nitrogen and oxygen atoms in total. The van der Waals surface area contributed by atoms with Gasteiger partial charge in [-0.2, -0.15) is 0 Å². The molecule has 0 bridgehead atoms. The van der Waals surface area contributed by atoms with Crippen LogP contribution in [0.25, 0.3) is 0 Å². The van der Waals surface area contributed by atoms with E-state index in [9.17, 15) is 5.11 Å². The van der Waals surface area contributed by atoms with Crippen molar-refractivity contribution in [1.29, 1.82) is 0 Å². The van der Waals surface area contributed by atoms with Gasteiger partial charge in [0.1, 0.15) is 5.82 Å². The summed E-state index contributed by atoms with van der Waals surface area (Å²) < 4.78 is 5.36. The van der Waals surface area contributed by atoms with Crippen molar-refractivity contribution in [2.45, 2.75) is 12.5 Å². The predicted molar refractivity (Wildman–Crippen MR) is 87.4 cm³/mol. The number of nitrogens with zero attached hydrogens (tertiary/aromatic N) is 1. The Bertz CT molecular complexity index is 578. The molecule has 2 aromatic rings. The molecular weight excluding hydrogens is 308 g/mol. The van der Waals surface area contributed by atoms with Crippen molar-refractivity contribution in [3.8, 4) is 0 Å². The zero-order valence-corrected chi connectivity index (χ0v) is 12.8. The molecule has 1 aromatic carbocycles. The third kappa shape index (κ3) is 5.30. The van der Waals surface area contributed by atoms with Gasteiger partial charge in [-0.15, -0.1) is 0 Å². The molecule has 0 saturated heterocycles. The summed E-state index contributed by atoms with van der Waals surface area (Å²) in [4.78, 5) is 4.05. The third-order valence-electron chi connectivity index (χ3n) is 2.77. The third-order valence-corrected chi connectivity index (χ3v) is 3.21. The second kappa shape index (κ2) is 7.93. The lowest BCUT2D eigenvalue weighted by molar-refractivity contribution is 0.139. The van der Waals surface area contributed by atoms with Crippen LogP contribution in [0.3, 0.4) is 0 Å². The SMILES string of the molecule is OC(CCOC(=S)Nc1ccc(Cl)cn1)c1ccccc1. The van der Waals surface area contributed by atoms with Crippen molar-refractivity contribution in [3.63, 3.8) is 0 Å². The minimum atomic E-state index is -0.567. The molecule has 110 valence electrons. The number of hydrogen-bond donors (Lipinski definition) is 2. The number of halogens is 1. The van der Waals surface area contributed by atoms with E-state index < -0.39 is 6.10 Å². The second-order valence-corrected chi connectivity index (χ2v) is 5.14. The van der Waals surface area contributed by atoms with Crippen molar-refractivity contribution in [1.82, 2.24) is 4.98 Å². The second-order valence-electron chi connectivity index (χ2n) is 4.34. The van der Waals surface area contributed by atoms with Crippen LogP contribution in [0.1, 0.15) is 18.1 Å². The quantitative estimate of drug-likeness (QED) is 0.824. The first kappa shape index (κ1) is 15.7. The lowest BCUT2D eigenvalue weighted by Crippen LogP contribution is -2.16. The highest BCUT2D eigenvalue weighted by Crippen LogP contribution is 2.16. The monoisotopic (exact) mass is 322 g/mol. The summed E-state index contributed by atoms with van der Waals surface area (Å²) in [5.41, 5.74) is 0.861. The van der Waals surface area contributed by atoms with Crippen molar-refractivity contribution < 1.29 is 9.84 Å². The van der Waals surface area contributed by atoms with E-state index in [1.807, 2.05) is 30.3 Å². The Morgan fingerprint density at radius 2 is 2.05 bits per heavy atom. The summed E-state index contributed by atoms with van der Waals surface area (Å²) in [5, 5.41) is 13.6. The molecule has 2 rings (SSSR count). The van der Waals surface area contributed by atoms with Gasteiger partial charge < -0.3 is 15.2 Å². The first-order valence-corrected chi connectivity index (χ1v) is 7.22. The number of hydrogen-bond acceptors (Lipinski definition) is 4. The number of aliphatic hydroxyl groups excluding tert-OH is 1. The molecule has 0 saturated carbocycles. The van der Waals surface area contributed by atoms with Gasteiger partial charge >= 0.3 is 0 Å². The van der Waals surface area contributed by atoms with Gasteiger partial charge in [0.2, 0.25) is 0 Å². The van der Waals surface area contributed by atoms with Crippen LogP contribution in [0, 0.1) is 0 Å². The van der Waals surface area contributed by atoms with Gasteiger partial charge in [0.25, 0.3) is 5.17 Å². The Kier molecular flexibility index (Phi) is 5.92. The van der Waals surface area contributed by atoms with Gasteiger partial charge in [-0.05, 0) is 29.9 Å². The Hall–Kier alpha value is -1.69. The van der Waals surface area contributed by atoms with Crippen molar-refractivity contribution in [2.24, 2.45) is 0 Å². The Balaban J connectivity index is 1.73. The topological polar surface area (TPSA) is 54.4 Å². The number of aliphatic hydroxyl groups is 1. The van der Waals surface area contributed by atoms with E-state index in [0.717, 1.165) is 5.56 Å². The van der Waals surface area contributed by atoms with Crippen LogP contribution in [-0.4, -0.2) is 21.9 Å². The fraction of sp³-hybridized carbons (Fsp3) is 0.200. The number of pyridine rings is 1. The Labute approximate surface area is 133 Å². The van der Waals surface area contributed by atoms with Gasteiger partial charge in [-0.1, -0.05) is 41.9 Å². The summed E-state index contributed by atoms with van der Waals surface area (Å²) in [6.45, 7) is 0.315. The molecule has 0 spiro atoms. The molecule has 0 radical (unpaired) electrons. The van der Waals surface area contributed by atoms with E-state index in [4.69, 9.17) is 28.6 Å². The highest BCUT2D eigenvalue weighted by atomic mass is 35.5. The summed E-state index contributed by atoms with van der Waals surface area (Å²) >= 11 is 10.8. The van der Waals surface area contributed by atoms with Gasteiger partial charge in [-0.3, -0.25) is 0 Å².